The molecule has 44 valence electrons. The van der Waals surface area contributed by atoms with E-state index >= 15 is 0 Å². The van der Waals surface area contributed by atoms with Crippen molar-refractivity contribution < 1.29 is 5.21 Å². The molecule has 0 atom stereocenters. The third-order valence-electron chi connectivity index (χ3n) is 0.600. The lowest BCUT2D eigenvalue weighted by molar-refractivity contribution is -0.0525. The summed E-state index contributed by atoms with van der Waals surface area (Å²) in [5.41, 5.74) is -0.247. The fourth-order valence-corrected chi connectivity index (χ4v) is 0. The van der Waals surface area contributed by atoms with Crippen LogP contribution >= 0.6 is 12.8 Å². The second-order valence-electron chi connectivity index (χ2n) is 2.46. The van der Waals surface area contributed by atoms with E-state index in [2.05, 4.69) is 12.8 Å². The minimum absolute atomic E-state index is 0.247. The molecule has 0 aromatic heterocycles. The largest absolute Gasteiger partial charge is 0.303 e. The Bertz CT molecular complexity index is 57.2. The third-order valence-corrected chi connectivity index (χ3v) is 1.20. The molecule has 2 nitrogen and oxygen atoms in total. The number of hydrogen-bond acceptors (Lipinski definition) is 3. The number of rotatable bonds is 0. The van der Waals surface area contributed by atoms with Crippen LogP contribution in [0.1, 0.15) is 20.8 Å². The van der Waals surface area contributed by atoms with Crippen molar-refractivity contribution in [3.8, 4) is 0 Å². The lowest BCUT2D eigenvalue weighted by atomic mass is 10.1. The third kappa shape index (κ3) is 2.91. The summed E-state index contributed by atoms with van der Waals surface area (Å²) in [4.78, 5) is 0. The number of hydroxylamine groups is 1. The van der Waals surface area contributed by atoms with Crippen LogP contribution in [0.25, 0.3) is 0 Å². The Labute approximate surface area is 49.6 Å². The first-order chi connectivity index (χ1) is 2.94. The lowest BCUT2D eigenvalue weighted by Crippen LogP contribution is -2.30. The highest BCUT2D eigenvalue weighted by molar-refractivity contribution is 7.77. The highest BCUT2D eigenvalue weighted by Crippen LogP contribution is 2.10. The fraction of sp³-hybridized carbons (Fsp3) is 1.00. The lowest BCUT2D eigenvalue weighted by Gasteiger charge is -2.23. The first kappa shape index (κ1) is 7.27. The van der Waals surface area contributed by atoms with E-state index in [0.29, 0.717) is 0 Å². The van der Waals surface area contributed by atoms with Crippen LogP contribution in [-0.2, 0) is 0 Å². The Kier molecular flexibility index (Phi) is 2.10. The molecule has 0 fully saturated rings. The first-order valence-electron chi connectivity index (χ1n) is 2.12. The summed E-state index contributed by atoms with van der Waals surface area (Å²) in [7, 11) is 0. The van der Waals surface area contributed by atoms with Gasteiger partial charge in [-0.15, -0.1) is 4.47 Å². The molecular formula is C4H11NOS. The molecule has 1 N–H and O–H groups in total. The van der Waals surface area contributed by atoms with Crippen molar-refractivity contribution in [2.24, 2.45) is 0 Å². The highest BCUT2D eigenvalue weighted by atomic mass is 32.1. The zero-order valence-electron chi connectivity index (χ0n) is 4.84. The monoisotopic (exact) mass is 121 g/mol. The summed E-state index contributed by atoms with van der Waals surface area (Å²) in [6, 6.07) is 0. The van der Waals surface area contributed by atoms with E-state index in [1.54, 1.807) is 0 Å². The molecule has 7 heavy (non-hydrogen) atoms. The maximum Gasteiger partial charge on any atom is 0.0488 e. The van der Waals surface area contributed by atoms with E-state index in [-0.39, 0.29) is 5.54 Å². The molecule has 0 aromatic rings. The van der Waals surface area contributed by atoms with Crippen LogP contribution in [0.2, 0.25) is 0 Å². The van der Waals surface area contributed by atoms with Gasteiger partial charge in [0.25, 0.3) is 0 Å². The number of thiol groups is 1. The average Bonchev–Trinajstić information content (AvgIpc) is 1.31. The topological polar surface area (TPSA) is 23.5 Å². The van der Waals surface area contributed by atoms with E-state index in [1.165, 1.54) is 0 Å². The molecule has 0 amide bonds. The average molecular weight is 121 g/mol. The second kappa shape index (κ2) is 2.03. The molecule has 0 saturated heterocycles. The number of hydrogen-bond donors (Lipinski definition) is 2. The molecule has 0 spiro atoms. The predicted molar refractivity (Wildman–Crippen MR) is 32.4 cm³/mol. The van der Waals surface area contributed by atoms with Crippen LogP contribution in [0.15, 0.2) is 0 Å². The summed E-state index contributed by atoms with van der Waals surface area (Å²) in [5, 5.41) is 8.59. The van der Waals surface area contributed by atoms with Gasteiger partial charge in [0.05, 0.1) is 0 Å². The molecule has 0 unspecified atom stereocenters. The molecule has 0 rings (SSSR count). The molecule has 0 aliphatic rings. The van der Waals surface area contributed by atoms with Gasteiger partial charge >= 0.3 is 0 Å². The smallest absolute Gasteiger partial charge is 0.0488 e. The van der Waals surface area contributed by atoms with Crippen LogP contribution in [0.4, 0.5) is 0 Å². The van der Waals surface area contributed by atoms with Gasteiger partial charge in [-0.1, -0.05) is 12.8 Å². The van der Waals surface area contributed by atoms with Gasteiger partial charge in [-0.3, -0.25) is 0 Å². The molecular weight excluding hydrogens is 110 g/mol. The van der Waals surface area contributed by atoms with Crippen molar-refractivity contribution in [1.82, 2.24) is 4.47 Å². The Morgan fingerprint density at radius 2 is 1.57 bits per heavy atom. The van der Waals surface area contributed by atoms with Gasteiger partial charge < -0.3 is 5.21 Å². The molecule has 0 aliphatic carbocycles. The van der Waals surface area contributed by atoms with Crippen molar-refractivity contribution in [3.05, 3.63) is 0 Å². The van der Waals surface area contributed by atoms with Crippen LogP contribution in [0.5, 0.6) is 0 Å². The van der Waals surface area contributed by atoms with Crippen LogP contribution in [0, 0.1) is 0 Å². The van der Waals surface area contributed by atoms with Crippen molar-refractivity contribution >= 4 is 12.8 Å². The molecule has 0 aliphatic heterocycles. The van der Waals surface area contributed by atoms with E-state index in [0.717, 1.165) is 4.47 Å². The van der Waals surface area contributed by atoms with Gasteiger partial charge in [0.2, 0.25) is 0 Å². The van der Waals surface area contributed by atoms with Gasteiger partial charge in [-0.2, -0.15) is 0 Å². The zero-order valence-corrected chi connectivity index (χ0v) is 5.74. The molecule has 3 heteroatoms. The maximum absolute atomic E-state index is 8.59. The maximum atomic E-state index is 8.59. The van der Waals surface area contributed by atoms with Crippen molar-refractivity contribution in [2.75, 3.05) is 0 Å². The standard InChI is InChI=1S/C4H11NOS/c1-4(2,3)5(6)7/h6-7H,1-3H3. The van der Waals surface area contributed by atoms with E-state index in [4.69, 9.17) is 5.21 Å². The summed E-state index contributed by atoms with van der Waals surface area (Å²) < 4.78 is 0.882. The van der Waals surface area contributed by atoms with E-state index in [9.17, 15) is 0 Å². The van der Waals surface area contributed by atoms with E-state index < -0.39 is 0 Å². The Morgan fingerprint density at radius 1 is 1.43 bits per heavy atom. The van der Waals surface area contributed by atoms with Gasteiger partial charge in [0, 0.05) is 5.54 Å². The molecule has 0 heterocycles. The van der Waals surface area contributed by atoms with Crippen LogP contribution in [0.3, 0.4) is 0 Å². The van der Waals surface area contributed by atoms with Gasteiger partial charge in [-0.25, -0.2) is 0 Å². The second-order valence-corrected chi connectivity index (χ2v) is 2.84. The number of nitrogens with zero attached hydrogens (tertiary/aromatic N) is 1. The van der Waals surface area contributed by atoms with Gasteiger partial charge in [0.1, 0.15) is 0 Å². The first-order valence-corrected chi connectivity index (χ1v) is 2.52. The van der Waals surface area contributed by atoms with Gasteiger partial charge in [-0.05, 0) is 20.8 Å². The Hall–Kier alpha value is 0.270. The SMILES string of the molecule is CC(C)(C)N(O)S. The summed E-state index contributed by atoms with van der Waals surface area (Å²) in [5.74, 6) is 0. The predicted octanol–water partition coefficient (Wildman–Crippen LogP) is 1.32. The zero-order chi connectivity index (χ0) is 6.08. The highest BCUT2D eigenvalue weighted by Gasteiger charge is 2.14. The minimum atomic E-state index is -0.247. The molecule has 0 bridgehead atoms. The van der Waals surface area contributed by atoms with Gasteiger partial charge in [0.15, 0.2) is 0 Å². The van der Waals surface area contributed by atoms with Crippen LogP contribution in [-0.4, -0.2) is 15.2 Å². The molecule has 0 saturated carbocycles. The Morgan fingerprint density at radius 3 is 1.57 bits per heavy atom. The molecule has 0 radical (unpaired) electrons. The van der Waals surface area contributed by atoms with Crippen molar-refractivity contribution in [3.63, 3.8) is 0 Å². The van der Waals surface area contributed by atoms with Crippen LogP contribution < -0.4 is 0 Å². The quantitative estimate of drug-likeness (QED) is 0.373. The molecule has 0 aromatic carbocycles. The van der Waals surface area contributed by atoms with Crippen molar-refractivity contribution in [2.45, 2.75) is 26.3 Å². The Balaban J connectivity index is 3.54. The normalized spacial score (nSPS) is 12.9. The summed E-state index contributed by atoms with van der Waals surface area (Å²) in [6.45, 7) is 5.58. The summed E-state index contributed by atoms with van der Waals surface area (Å²) >= 11 is 3.67. The fourth-order valence-electron chi connectivity index (χ4n) is 0. The minimum Gasteiger partial charge on any atom is -0.303 e. The van der Waals surface area contributed by atoms with E-state index in [1.807, 2.05) is 20.8 Å². The van der Waals surface area contributed by atoms with Crippen molar-refractivity contribution in [1.29, 1.82) is 0 Å². The summed E-state index contributed by atoms with van der Waals surface area (Å²) in [6.07, 6.45) is 0.